The molecule has 0 spiro atoms. The zero-order valence-electron chi connectivity index (χ0n) is 39.0. The summed E-state index contributed by atoms with van der Waals surface area (Å²) in [7, 11) is 0. The summed E-state index contributed by atoms with van der Waals surface area (Å²) in [4.78, 5) is 14.7. The van der Waals surface area contributed by atoms with E-state index in [2.05, 4.69) is 274 Å². The van der Waals surface area contributed by atoms with E-state index in [-0.39, 0.29) is 0 Å². The number of anilines is 6. The van der Waals surface area contributed by atoms with Crippen LogP contribution in [0.5, 0.6) is 0 Å². The van der Waals surface area contributed by atoms with Crippen LogP contribution in [-0.4, -0.2) is 19.1 Å². The molecule has 0 bridgehead atoms. The Kier molecular flexibility index (Phi) is 10.3. The first-order valence-electron chi connectivity index (χ1n) is 24.1. The molecule has 0 aliphatic heterocycles. The SMILES string of the molecule is Cc1cnc(-c2ccc(N(c3ccccc3)c3ccc(-n4c5ccccc5c5ccccc54)cc3)cc2)c(-c2ccc(N(c3ccccc3)c3ccc(-n4c5ccccc5c5ccccc54)cc3)cc2)n1. The quantitative estimate of drug-likeness (QED) is 0.137. The van der Waals surface area contributed by atoms with Gasteiger partial charge in [0.05, 0.1) is 39.1 Å². The van der Waals surface area contributed by atoms with Gasteiger partial charge < -0.3 is 18.9 Å². The van der Waals surface area contributed by atoms with E-state index < -0.39 is 0 Å². The van der Waals surface area contributed by atoms with Gasteiger partial charge in [-0.1, -0.05) is 133 Å². The fourth-order valence-electron chi connectivity index (χ4n) is 10.4. The Labute approximate surface area is 412 Å². The predicted molar refractivity (Wildman–Crippen MR) is 296 cm³/mol. The van der Waals surface area contributed by atoms with Gasteiger partial charge in [0, 0.05) is 84.4 Å². The zero-order chi connectivity index (χ0) is 47.3. The minimum atomic E-state index is 0.831. The Balaban J connectivity index is 0.821. The second kappa shape index (κ2) is 17.5. The summed E-state index contributed by atoms with van der Waals surface area (Å²) in [5.41, 5.74) is 17.9. The van der Waals surface area contributed by atoms with E-state index in [1.165, 1.54) is 43.6 Å². The molecule has 0 saturated carbocycles. The summed E-state index contributed by atoms with van der Waals surface area (Å²) in [6.07, 6.45) is 1.86. The van der Waals surface area contributed by atoms with E-state index >= 15 is 0 Å². The predicted octanol–water partition coefficient (Wildman–Crippen LogP) is 17.3. The Hall–Kier alpha value is -9.52. The van der Waals surface area contributed by atoms with E-state index in [4.69, 9.17) is 9.97 Å². The lowest BCUT2D eigenvalue weighted by Crippen LogP contribution is -2.10. The lowest BCUT2D eigenvalue weighted by Gasteiger charge is -2.26. The highest BCUT2D eigenvalue weighted by molar-refractivity contribution is 6.10. The molecule has 13 rings (SSSR count). The molecule has 3 heterocycles. The molecule has 10 aromatic carbocycles. The molecule has 0 fully saturated rings. The van der Waals surface area contributed by atoms with E-state index in [9.17, 15) is 0 Å². The van der Waals surface area contributed by atoms with Crippen molar-refractivity contribution in [1.29, 1.82) is 0 Å². The van der Waals surface area contributed by atoms with Gasteiger partial charge in [-0.05, 0) is 128 Å². The van der Waals surface area contributed by atoms with Crippen LogP contribution >= 0.6 is 0 Å². The van der Waals surface area contributed by atoms with E-state index in [0.29, 0.717) is 0 Å². The maximum atomic E-state index is 5.12. The fourth-order valence-corrected chi connectivity index (χ4v) is 10.4. The third-order valence-electron chi connectivity index (χ3n) is 13.6. The van der Waals surface area contributed by atoms with Gasteiger partial charge in [0.1, 0.15) is 0 Å². The second-order valence-corrected chi connectivity index (χ2v) is 17.9. The standard InChI is InChI=1S/C65H46N6/c1-45-44-66-64(46-28-32-50(33-29-46)68(48-16-4-2-5-17-48)52-36-40-54(41-37-52)70-60-24-12-8-20-56(60)57-21-9-13-25-61(57)70)65(67-45)47-30-34-51(35-31-47)69(49-18-6-3-7-19-49)53-38-42-55(43-39-53)71-62-26-14-10-22-58(62)59-23-11-15-27-63(59)71/h2-44H,1H3. The Morgan fingerprint density at radius 1 is 0.296 bits per heavy atom. The Morgan fingerprint density at radius 2 is 0.592 bits per heavy atom. The molecule has 0 atom stereocenters. The maximum Gasteiger partial charge on any atom is 0.0968 e. The monoisotopic (exact) mass is 910 g/mol. The molecule has 6 heteroatoms. The summed E-state index contributed by atoms with van der Waals surface area (Å²) in [5, 5.41) is 5.00. The number of aromatic nitrogens is 4. The molecule has 13 aromatic rings. The van der Waals surface area contributed by atoms with Crippen molar-refractivity contribution < 1.29 is 0 Å². The molecule has 0 aliphatic carbocycles. The lowest BCUT2D eigenvalue weighted by molar-refractivity contribution is 1.13. The van der Waals surface area contributed by atoms with Crippen LogP contribution in [0, 0.1) is 6.92 Å². The van der Waals surface area contributed by atoms with Gasteiger partial charge in [-0.25, -0.2) is 4.98 Å². The number of para-hydroxylation sites is 6. The van der Waals surface area contributed by atoms with Gasteiger partial charge >= 0.3 is 0 Å². The number of hydrogen-bond donors (Lipinski definition) is 0. The molecule has 0 saturated heterocycles. The highest BCUT2D eigenvalue weighted by atomic mass is 15.1. The summed E-state index contributed by atoms with van der Waals surface area (Å²) in [6.45, 7) is 2.00. The second-order valence-electron chi connectivity index (χ2n) is 17.9. The van der Waals surface area contributed by atoms with Crippen molar-refractivity contribution in [1.82, 2.24) is 19.1 Å². The first kappa shape index (κ1) is 41.7. The van der Waals surface area contributed by atoms with Crippen LogP contribution in [-0.2, 0) is 0 Å². The van der Waals surface area contributed by atoms with Gasteiger partial charge in [0.15, 0.2) is 0 Å². The molecule has 71 heavy (non-hydrogen) atoms. The highest BCUT2D eigenvalue weighted by Crippen LogP contribution is 2.41. The third-order valence-corrected chi connectivity index (χ3v) is 13.6. The normalized spacial score (nSPS) is 11.5. The molecular weight excluding hydrogens is 865 g/mol. The van der Waals surface area contributed by atoms with Gasteiger partial charge in [-0.2, -0.15) is 0 Å². The van der Waals surface area contributed by atoms with Gasteiger partial charge in [0.2, 0.25) is 0 Å². The van der Waals surface area contributed by atoms with Crippen LogP contribution in [0.3, 0.4) is 0 Å². The molecule has 0 aliphatic rings. The van der Waals surface area contributed by atoms with Gasteiger partial charge in [0.25, 0.3) is 0 Å². The van der Waals surface area contributed by atoms with Crippen LogP contribution in [0.4, 0.5) is 34.1 Å². The van der Waals surface area contributed by atoms with Crippen LogP contribution in [0.2, 0.25) is 0 Å². The van der Waals surface area contributed by atoms with Crippen LogP contribution in [0.15, 0.2) is 261 Å². The van der Waals surface area contributed by atoms with Crippen molar-refractivity contribution in [3.05, 3.63) is 267 Å². The average Bonchev–Trinajstić information content (AvgIpc) is 3.96. The van der Waals surface area contributed by atoms with E-state index in [1.54, 1.807) is 0 Å². The number of fused-ring (bicyclic) bond motifs is 6. The third kappa shape index (κ3) is 7.37. The summed E-state index contributed by atoms with van der Waals surface area (Å²) in [6, 6.07) is 90.8. The topological polar surface area (TPSA) is 42.1 Å². The van der Waals surface area contributed by atoms with Gasteiger partial charge in [-0.15, -0.1) is 0 Å². The average molecular weight is 911 g/mol. The minimum Gasteiger partial charge on any atom is -0.311 e. The maximum absolute atomic E-state index is 5.12. The highest BCUT2D eigenvalue weighted by Gasteiger charge is 2.19. The Bertz CT molecular complexity index is 3920. The number of rotatable bonds is 10. The fraction of sp³-hybridized carbons (Fsp3) is 0.0154. The van der Waals surface area contributed by atoms with Crippen LogP contribution in [0.1, 0.15) is 5.69 Å². The summed E-state index contributed by atoms with van der Waals surface area (Å²) < 4.78 is 4.71. The largest absolute Gasteiger partial charge is 0.311 e. The van der Waals surface area contributed by atoms with Crippen molar-refractivity contribution in [2.75, 3.05) is 9.80 Å². The van der Waals surface area contributed by atoms with Crippen molar-refractivity contribution >= 4 is 77.7 Å². The molecule has 336 valence electrons. The molecule has 0 unspecified atom stereocenters. The Morgan fingerprint density at radius 3 is 0.958 bits per heavy atom. The van der Waals surface area contributed by atoms with E-state index in [1.807, 2.05) is 13.1 Å². The number of nitrogens with zero attached hydrogens (tertiary/aromatic N) is 6. The summed E-state index contributed by atoms with van der Waals surface area (Å²) in [5.74, 6) is 0. The number of hydrogen-bond acceptors (Lipinski definition) is 4. The molecule has 0 amide bonds. The van der Waals surface area contributed by atoms with Crippen molar-refractivity contribution in [2.45, 2.75) is 6.92 Å². The molecule has 3 aromatic heterocycles. The molecule has 0 N–H and O–H groups in total. The van der Waals surface area contributed by atoms with Crippen molar-refractivity contribution in [2.24, 2.45) is 0 Å². The minimum absolute atomic E-state index is 0.831. The number of aryl methyl sites for hydroxylation is 1. The summed E-state index contributed by atoms with van der Waals surface area (Å²) >= 11 is 0. The molecule has 0 radical (unpaired) electrons. The van der Waals surface area contributed by atoms with Crippen LogP contribution < -0.4 is 9.80 Å². The first-order valence-corrected chi connectivity index (χ1v) is 24.1. The van der Waals surface area contributed by atoms with Crippen LogP contribution in [0.25, 0.3) is 77.5 Å². The van der Waals surface area contributed by atoms with E-state index in [0.717, 1.165) is 73.7 Å². The van der Waals surface area contributed by atoms with Gasteiger partial charge in [-0.3, -0.25) is 4.98 Å². The molecular formula is C65H46N6. The number of benzene rings is 10. The smallest absolute Gasteiger partial charge is 0.0968 e. The lowest BCUT2D eigenvalue weighted by atomic mass is 10.0. The zero-order valence-corrected chi connectivity index (χ0v) is 39.0. The first-order chi connectivity index (χ1) is 35.1. The van der Waals surface area contributed by atoms with Crippen molar-refractivity contribution in [3.63, 3.8) is 0 Å². The van der Waals surface area contributed by atoms with Crippen molar-refractivity contribution in [3.8, 4) is 33.9 Å². The molecule has 6 nitrogen and oxygen atoms in total.